The number of hydrogen-bond acceptors (Lipinski definition) is 4. The van der Waals surface area contributed by atoms with Gasteiger partial charge in [0.15, 0.2) is 0 Å². The summed E-state index contributed by atoms with van der Waals surface area (Å²) in [5.41, 5.74) is 8.30. The van der Waals surface area contributed by atoms with E-state index in [9.17, 15) is 0 Å². The summed E-state index contributed by atoms with van der Waals surface area (Å²) < 4.78 is 5.41. The summed E-state index contributed by atoms with van der Waals surface area (Å²) >= 11 is 1.85. The van der Waals surface area contributed by atoms with Crippen molar-refractivity contribution in [1.82, 2.24) is 4.98 Å². The van der Waals surface area contributed by atoms with Gasteiger partial charge in [-0.1, -0.05) is 18.2 Å². The second kappa shape index (κ2) is 5.94. The van der Waals surface area contributed by atoms with Gasteiger partial charge in [-0.15, -0.1) is 11.3 Å². The second-order valence-corrected chi connectivity index (χ2v) is 6.48. The molecule has 1 aromatic carbocycles. The van der Waals surface area contributed by atoms with Gasteiger partial charge in [0, 0.05) is 16.9 Å². The van der Waals surface area contributed by atoms with Gasteiger partial charge >= 0.3 is 0 Å². The number of thiazole rings is 1. The molecule has 1 unspecified atom stereocenters. The fraction of sp³-hybridized carbons (Fsp3) is 0.438. The number of methoxy groups -OCH3 is 1. The van der Waals surface area contributed by atoms with Gasteiger partial charge in [-0.25, -0.2) is 4.98 Å². The van der Waals surface area contributed by atoms with Crippen molar-refractivity contribution in [3.8, 4) is 5.75 Å². The van der Waals surface area contributed by atoms with Crippen molar-refractivity contribution >= 4 is 11.3 Å². The summed E-state index contributed by atoms with van der Waals surface area (Å²) in [5.74, 6) is 1.59. The number of aryl methyl sites for hydroxylation is 1. The van der Waals surface area contributed by atoms with Crippen LogP contribution in [-0.4, -0.2) is 18.6 Å². The van der Waals surface area contributed by atoms with Crippen LogP contribution in [0.1, 0.15) is 27.6 Å². The molecule has 1 aromatic heterocycles. The second-order valence-electron chi connectivity index (χ2n) is 5.31. The topological polar surface area (TPSA) is 48.1 Å². The molecule has 1 heterocycles. The van der Waals surface area contributed by atoms with Gasteiger partial charge < -0.3 is 10.5 Å². The third kappa shape index (κ3) is 2.72. The Morgan fingerprint density at radius 2 is 2.25 bits per heavy atom. The lowest BCUT2D eigenvalue weighted by molar-refractivity contribution is 0.410. The Bertz CT molecular complexity index is 594. The predicted octanol–water partition coefficient (Wildman–Crippen LogP) is 2.81. The van der Waals surface area contributed by atoms with Crippen LogP contribution in [0.3, 0.4) is 0 Å². The minimum absolute atomic E-state index is 0.641. The molecule has 0 amide bonds. The highest BCUT2D eigenvalue weighted by atomic mass is 32.1. The molecule has 20 heavy (non-hydrogen) atoms. The number of rotatable bonds is 4. The first-order valence-electron chi connectivity index (χ1n) is 7.09. The number of para-hydroxylation sites is 1. The third-order valence-corrected chi connectivity index (χ3v) is 5.07. The molecule has 0 bridgehead atoms. The molecule has 0 radical (unpaired) electrons. The monoisotopic (exact) mass is 288 g/mol. The number of nitrogens with two attached hydrogens (primary N) is 1. The van der Waals surface area contributed by atoms with Gasteiger partial charge in [0.2, 0.25) is 0 Å². The number of aromatic nitrogens is 1. The SMILES string of the molecule is COc1ccccc1Cc1nc2c(s1)CC(CN)CC2. The van der Waals surface area contributed by atoms with Crippen molar-refractivity contribution in [2.75, 3.05) is 13.7 Å². The highest BCUT2D eigenvalue weighted by Gasteiger charge is 2.21. The third-order valence-electron chi connectivity index (χ3n) is 3.95. The molecule has 4 heteroatoms. The van der Waals surface area contributed by atoms with Crippen molar-refractivity contribution in [1.29, 1.82) is 0 Å². The van der Waals surface area contributed by atoms with Gasteiger partial charge in [-0.05, 0) is 37.8 Å². The first-order chi connectivity index (χ1) is 9.80. The first-order valence-corrected chi connectivity index (χ1v) is 7.91. The summed E-state index contributed by atoms with van der Waals surface area (Å²) in [5, 5.41) is 1.19. The Morgan fingerprint density at radius 1 is 1.40 bits per heavy atom. The van der Waals surface area contributed by atoms with Crippen LogP contribution in [0.15, 0.2) is 24.3 Å². The summed E-state index contributed by atoms with van der Waals surface area (Å²) in [6.07, 6.45) is 4.23. The lowest BCUT2D eigenvalue weighted by Gasteiger charge is -2.18. The molecule has 3 nitrogen and oxygen atoms in total. The molecule has 1 aliphatic rings. The van der Waals surface area contributed by atoms with Crippen LogP contribution < -0.4 is 10.5 Å². The molecule has 3 rings (SSSR count). The van der Waals surface area contributed by atoms with Crippen molar-refractivity contribution in [3.05, 3.63) is 45.4 Å². The van der Waals surface area contributed by atoms with Crippen LogP contribution in [0.4, 0.5) is 0 Å². The standard InChI is InChI=1S/C16H20N2OS/c1-19-14-5-3-2-4-12(14)9-16-18-13-7-6-11(10-17)8-15(13)20-16/h2-5,11H,6-10,17H2,1H3. The Labute approximate surface area is 123 Å². The molecule has 0 saturated heterocycles. The average Bonchev–Trinajstić information content (AvgIpc) is 2.89. The zero-order valence-corrected chi connectivity index (χ0v) is 12.6. The van der Waals surface area contributed by atoms with E-state index in [2.05, 4.69) is 12.1 Å². The molecule has 1 atom stereocenters. The highest BCUT2D eigenvalue weighted by Crippen LogP contribution is 2.31. The van der Waals surface area contributed by atoms with Gasteiger partial charge in [-0.2, -0.15) is 0 Å². The minimum atomic E-state index is 0.641. The quantitative estimate of drug-likeness (QED) is 0.941. The maximum Gasteiger partial charge on any atom is 0.122 e. The molecule has 0 aliphatic heterocycles. The predicted molar refractivity (Wildman–Crippen MR) is 82.5 cm³/mol. The molecule has 0 spiro atoms. The number of ether oxygens (including phenoxy) is 1. The van der Waals surface area contributed by atoms with Crippen molar-refractivity contribution in [2.45, 2.75) is 25.7 Å². The lowest BCUT2D eigenvalue weighted by atomic mass is 9.91. The molecular formula is C16H20N2OS. The summed E-state index contributed by atoms with van der Waals surface area (Å²) in [6, 6.07) is 8.17. The van der Waals surface area contributed by atoms with E-state index in [1.807, 2.05) is 23.5 Å². The number of hydrogen-bond donors (Lipinski definition) is 1. The summed E-state index contributed by atoms with van der Waals surface area (Å²) in [7, 11) is 1.72. The molecular weight excluding hydrogens is 268 g/mol. The van der Waals surface area contributed by atoms with Crippen molar-refractivity contribution < 1.29 is 4.74 Å². The minimum Gasteiger partial charge on any atom is -0.496 e. The number of fused-ring (bicyclic) bond motifs is 1. The van der Waals surface area contributed by atoms with Gasteiger partial charge in [0.1, 0.15) is 5.75 Å². The molecule has 1 aliphatic carbocycles. The highest BCUT2D eigenvalue weighted by molar-refractivity contribution is 7.11. The van der Waals surface area contributed by atoms with Crippen LogP contribution in [-0.2, 0) is 19.3 Å². The van der Waals surface area contributed by atoms with Crippen LogP contribution >= 0.6 is 11.3 Å². The zero-order valence-electron chi connectivity index (χ0n) is 11.8. The Hall–Kier alpha value is -1.39. The molecule has 106 valence electrons. The van der Waals surface area contributed by atoms with Crippen LogP contribution in [0.25, 0.3) is 0 Å². The smallest absolute Gasteiger partial charge is 0.122 e. The Morgan fingerprint density at radius 3 is 3.05 bits per heavy atom. The molecule has 2 N–H and O–H groups in total. The zero-order chi connectivity index (χ0) is 13.9. The van der Waals surface area contributed by atoms with Crippen LogP contribution in [0, 0.1) is 5.92 Å². The fourth-order valence-corrected chi connectivity index (χ4v) is 4.04. The number of benzene rings is 1. The average molecular weight is 288 g/mol. The van der Waals surface area contributed by atoms with Crippen LogP contribution in [0.5, 0.6) is 5.75 Å². The molecule has 0 fully saturated rings. The van der Waals surface area contributed by atoms with E-state index in [0.717, 1.165) is 31.6 Å². The normalized spacial score (nSPS) is 17.8. The fourth-order valence-electron chi connectivity index (χ4n) is 2.79. The number of nitrogens with zero attached hydrogens (tertiary/aromatic N) is 1. The van der Waals surface area contributed by atoms with E-state index in [1.165, 1.54) is 27.6 Å². The first kappa shape index (κ1) is 13.6. The van der Waals surface area contributed by atoms with Gasteiger partial charge in [-0.3, -0.25) is 0 Å². The summed E-state index contributed by atoms with van der Waals surface area (Å²) in [6.45, 7) is 0.791. The maximum atomic E-state index is 5.80. The van der Waals surface area contributed by atoms with E-state index in [0.29, 0.717) is 5.92 Å². The van der Waals surface area contributed by atoms with Crippen molar-refractivity contribution in [3.63, 3.8) is 0 Å². The molecule has 0 saturated carbocycles. The van der Waals surface area contributed by atoms with E-state index in [1.54, 1.807) is 7.11 Å². The van der Waals surface area contributed by atoms with Crippen LogP contribution in [0.2, 0.25) is 0 Å². The van der Waals surface area contributed by atoms with Gasteiger partial charge in [0.25, 0.3) is 0 Å². The van der Waals surface area contributed by atoms with E-state index < -0.39 is 0 Å². The largest absolute Gasteiger partial charge is 0.496 e. The maximum absolute atomic E-state index is 5.80. The van der Waals surface area contributed by atoms with Gasteiger partial charge in [0.05, 0.1) is 17.8 Å². The van der Waals surface area contributed by atoms with Crippen molar-refractivity contribution in [2.24, 2.45) is 11.7 Å². The summed E-state index contributed by atoms with van der Waals surface area (Å²) in [4.78, 5) is 6.25. The van der Waals surface area contributed by atoms with E-state index in [4.69, 9.17) is 15.5 Å². The van der Waals surface area contributed by atoms with E-state index in [-0.39, 0.29) is 0 Å². The Kier molecular flexibility index (Phi) is 4.03. The molecule has 2 aromatic rings. The van der Waals surface area contributed by atoms with E-state index >= 15 is 0 Å². The lowest BCUT2D eigenvalue weighted by Crippen LogP contribution is -2.21. The Balaban J connectivity index is 1.81.